The topological polar surface area (TPSA) is 105 Å². The number of hydrogen-bond donors (Lipinski definition) is 2. The second-order valence-corrected chi connectivity index (χ2v) is 9.35. The van der Waals surface area contributed by atoms with Gasteiger partial charge in [-0.25, -0.2) is 8.42 Å². The Morgan fingerprint density at radius 3 is 2.78 bits per heavy atom. The third-order valence-electron chi connectivity index (χ3n) is 4.94. The number of aromatic nitrogens is 1. The average molecular weight is 391 g/mol. The van der Waals surface area contributed by atoms with Crippen molar-refractivity contribution >= 4 is 21.7 Å². The number of amides is 2. The summed E-state index contributed by atoms with van der Waals surface area (Å²) in [6.07, 6.45) is 9.60. The first-order valence-corrected chi connectivity index (χ1v) is 11.2. The van der Waals surface area contributed by atoms with Crippen LogP contribution in [0, 0.1) is 0 Å². The first-order valence-electron chi connectivity index (χ1n) is 9.36. The van der Waals surface area contributed by atoms with Crippen molar-refractivity contribution in [1.29, 1.82) is 0 Å². The smallest absolute Gasteiger partial charge is 0.270 e. The highest BCUT2D eigenvalue weighted by atomic mass is 32.2. The van der Waals surface area contributed by atoms with Crippen LogP contribution >= 0.6 is 0 Å². The van der Waals surface area contributed by atoms with Crippen LogP contribution in [0.5, 0.6) is 0 Å². The average Bonchev–Trinajstić information content (AvgIpc) is 3.01. The molecule has 1 aromatic rings. The molecule has 27 heavy (non-hydrogen) atoms. The van der Waals surface area contributed by atoms with Gasteiger partial charge in [0.2, 0.25) is 0 Å². The van der Waals surface area contributed by atoms with E-state index in [1.165, 1.54) is 30.7 Å². The molecule has 1 atom stereocenters. The van der Waals surface area contributed by atoms with E-state index in [2.05, 4.69) is 21.7 Å². The number of nitrogens with zero attached hydrogens (tertiary/aromatic N) is 1. The van der Waals surface area contributed by atoms with Crippen LogP contribution < -0.4 is 10.6 Å². The van der Waals surface area contributed by atoms with Gasteiger partial charge in [0.15, 0.2) is 9.84 Å². The second-order valence-electron chi connectivity index (χ2n) is 7.12. The Kier molecular flexibility index (Phi) is 6.26. The predicted octanol–water partition coefficient (Wildman–Crippen LogP) is 1.62. The van der Waals surface area contributed by atoms with Crippen LogP contribution in [0.2, 0.25) is 0 Å². The Balaban J connectivity index is 1.53. The van der Waals surface area contributed by atoms with Gasteiger partial charge in [0, 0.05) is 24.3 Å². The van der Waals surface area contributed by atoms with E-state index in [-0.39, 0.29) is 23.1 Å². The van der Waals surface area contributed by atoms with Crippen molar-refractivity contribution in [2.75, 3.05) is 18.1 Å². The standard InChI is InChI=1S/C19H25N3O4S/c23-18(21-9-6-14-4-2-1-3-5-14)15-7-10-20-17(12-15)19(24)22-16-8-11-27(25,26)13-16/h4,7,10,12,16H,1-3,5-6,8-9,11,13H2,(H,21,23)(H,22,24). The Hall–Kier alpha value is -2.22. The predicted molar refractivity (Wildman–Crippen MR) is 102 cm³/mol. The molecule has 0 aromatic carbocycles. The number of allylic oxidation sites excluding steroid dienone is 1. The zero-order chi connectivity index (χ0) is 19.3. The van der Waals surface area contributed by atoms with Gasteiger partial charge >= 0.3 is 0 Å². The van der Waals surface area contributed by atoms with Crippen LogP contribution in [0.15, 0.2) is 30.0 Å². The molecule has 1 unspecified atom stereocenters. The number of carbonyl (C=O) groups is 2. The molecular formula is C19H25N3O4S. The van der Waals surface area contributed by atoms with Crippen LogP contribution in [0.1, 0.15) is 59.4 Å². The maximum Gasteiger partial charge on any atom is 0.270 e. The molecule has 2 heterocycles. The molecule has 1 saturated heterocycles. The second kappa shape index (κ2) is 8.65. The first-order chi connectivity index (χ1) is 12.9. The molecule has 0 bridgehead atoms. The van der Waals surface area contributed by atoms with E-state index in [4.69, 9.17) is 0 Å². The lowest BCUT2D eigenvalue weighted by Gasteiger charge is -2.13. The molecule has 8 heteroatoms. The maximum absolute atomic E-state index is 12.3. The van der Waals surface area contributed by atoms with Gasteiger partial charge in [0.1, 0.15) is 5.69 Å². The molecule has 2 amide bonds. The highest BCUT2D eigenvalue weighted by molar-refractivity contribution is 7.91. The van der Waals surface area contributed by atoms with Crippen molar-refractivity contribution < 1.29 is 18.0 Å². The molecule has 1 aliphatic heterocycles. The third-order valence-corrected chi connectivity index (χ3v) is 6.71. The summed E-state index contributed by atoms with van der Waals surface area (Å²) >= 11 is 0. The zero-order valence-electron chi connectivity index (χ0n) is 15.2. The van der Waals surface area contributed by atoms with Crippen LogP contribution in [-0.2, 0) is 9.84 Å². The Morgan fingerprint density at radius 1 is 1.22 bits per heavy atom. The van der Waals surface area contributed by atoms with Gasteiger partial charge in [-0.05, 0) is 50.7 Å². The Labute approximate surface area is 159 Å². The maximum atomic E-state index is 12.3. The summed E-state index contributed by atoms with van der Waals surface area (Å²) in [5, 5.41) is 5.56. The van der Waals surface area contributed by atoms with Crippen molar-refractivity contribution in [3.05, 3.63) is 41.2 Å². The van der Waals surface area contributed by atoms with Gasteiger partial charge in [-0.2, -0.15) is 0 Å². The zero-order valence-corrected chi connectivity index (χ0v) is 16.1. The van der Waals surface area contributed by atoms with E-state index in [0.29, 0.717) is 18.5 Å². The molecule has 7 nitrogen and oxygen atoms in total. The summed E-state index contributed by atoms with van der Waals surface area (Å²) in [6.45, 7) is 0.564. The summed E-state index contributed by atoms with van der Waals surface area (Å²) in [5.41, 5.74) is 1.87. The number of rotatable bonds is 6. The summed E-state index contributed by atoms with van der Waals surface area (Å²) in [6, 6.07) is 2.60. The van der Waals surface area contributed by atoms with Crippen molar-refractivity contribution in [3.63, 3.8) is 0 Å². The monoisotopic (exact) mass is 391 g/mol. The van der Waals surface area contributed by atoms with E-state index in [9.17, 15) is 18.0 Å². The molecular weight excluding hydrogens is 366 g/mol. The molecule has 1 aliphatic carbocycles. The SMILES string of the molecule is O=C(NCCC1=CCCCC1)c1ccnc(C(=O)NC2CCS(=O)(=O)C2)c1. The molecule has 2 aliphatic rings. The third kappa shape index (κ3) is 5.63. The molecule has 2 N–H and O–H groups in total. The fraction of sp³-hybridized carbons (Fsp3) is 0.526. The number of carbonyl (C=O) groups excluding carboxylic acids is 2. The van der Waals surface area contributed by atoms with E-state index in [1.54, 1.807) is 6.07 Å². The fourth-order valence-electron chi connectivity index (χ4n) is 3.43. The Bertz CT molecular complexity index is 848. The van der Waals surface area contributed by atoms with Crippen LogP contribution in [0.4, 0.5) is 0 Å². The summed E-state index contributed by atoms with van der Waals surface area (Å²) < 4.78 is 23.0. The fourth-order valence-corrected chi connectivity index (χ4v) is 5.11. The van der Waals surface area contributed by atoms with Gasteiger partial charge < -0.3 is 10.6 Å². The molecule has 1 aromatic heterocycles. The molecule has 0 radical (unpaired) electrons. The number of sulfone groups is 1. The van der Waals surface area contributed by atoms with Crippen LogP contribution in [-0.4, -0.2) is 49.3 Å². The largest absolute Gasteiger partial charge is 0.352 e. The number of hydrogen-bond acceptors (Lipinski definition) is 5. The van der Waals surface area contributed by atoms with Crippen LogP contribution in [0.3, 0.4) is 0 Å². The number of pyridine rings is 1. The molecule has 0 spiro atoms. The first kappa shape index (κ1) is 19.5. The minimum atomic E-state index is -3.07. The molecule has 1 fully saturated rings. The van der Waals surface area contributed by atoms with Crippen molar-refractivity contribution in [3.8, 4) is 0 Å². The van der Waals surface area contributed by atoms with E-state index in [1.807, 2.05) is 0 Å². The normalized spacial score (nSPS) is 21.3. The molecule has 3 rings (SSSR count). The highest BCUT2D eigenvalue weighted by Crippen LogP contribution is 2.19. The van der Waals surface area contributed by atoms with E-state index >= 15 is 0 Å². The Morgan fingerprint density at radius 2 is 2.07 bits per heavy atom. The minimum absolute atomic E-state index is 0.0469. The lowest BCUT2D eigenvalue weighted by atomic mass is 9.97. The van der Waals surface area contributed by atoms with E-state index < -0.39 is 21.8 Å². The van der Waals surface area contributed by atoms with Crippen LogP contribution in [0.25, 0.3) is 0 Å². The van der Waals surface area contributed by atoms with Gasteiger partial charge in [0.25, 0.3) is 11.8 Å². The van der Waals surface area contributed by atoms with Crippen molar-refractivity contribution in [2.24, 2.45) is 0 Å². The minimum Gasteiger partial charge on any atom is -0.352 e. The van der Waals surface area contributed by atoms with E-state index in [0.717, 1.165) is 19.3 Å². The number of nitrogens with one attached hydrogen (secondary N) is 2. The van der Waals surface area contributed by atoms with Crippen molar-refractivity contribution in [1.82, 2.24) is 15.6 Å². The quantitative estimate of drug-likeness (QED) is 0.717. The lowest BCUT2D eigenvalue weighted by molar-refractivity contribution is 0.0936. The summed E-state index contributed by atoms with van der Waals surface area (Å²) in [7, 11) is -3.07. The highest BCUT2D eigenvalue weighted by Gasteiger charge is 2.29. The van der Waals surface area contributed by atoms with Crippen molar-refractivity contribution in [2.45, 2.75) is 44.6 Å². The van der Waals surface area contributed by atoms with Gasteiger partial charge in [-0.3, -0.25) is 14.6 Å². The molecule has 0 saturated carbocycles. The van der Waals surface area contributed by atoms with Gasteiger partial charge in [-0.1, -0.05) is 11.6 Å². The molecule has 146 valence electrons. The van der Waals surface area contributed by atoms with Gasteiger partial charge in [0.05, 0.1) is 11.5 Å². The summed E-state index contributed by atoms with van der Waals surface area (Å²) in [5.74, 6) is -0.663. The van der Waals surface area contributed by atoms with Gasteiger partial charge in [-0.15, -0.1) is 0 Å². The lowest BCUT2D eigenvalue weighted by Crippen LogP contribution is -2.36. The summed E-state index contributed by atoms with van der Waals surface area (Å²) in [4.78, 5) is 28.6.